The molecule has 1 atom stereocenters. The molecule has 1 saturated heterocycles. The van der Waals surface area contributed by atoms with Gasteiger partial charge in [-0.1, -0.05) is 11.3 Å². The molecule has 2 aromatic rings. The Labute approximate surface area is 136 Å². The third-order valence-electron chi connectivity index (χ3n) is 3.49. The fourth-order valence-corrected chi connectivity index (χ4v) is 3.11. The first-order valence-corrected chi connectivity index (χ1v) is 8.10. The van der Waals surface area contributed by atoms with Crippen LogP contribution in [0.1, 0.15) is 17.8 Å². The van der Waals surface area contributed by atoms with Gasteiger partial charge in [-0.05, 0) is 19.8 Å². The SMILES string of the molecule is Cc1nnc(NC(=O)N[C@@H]2CCCN(c3ncc[nH]c3=O)C2)s1. The summed E-state index contributed by atoms with van der Waals surface area (Å²) >= 11 is 1.32. The third kappa shape index (κ3) is 3.83. The lowest BCUT2D eigenvalue weighted by Crippen LogP contribution is -2.50. The highest BCUT2D eigenvalue weighted by atomic mass is 32.1. The monoisotopic (exact) mass is 335 g/mol. The molecule has 2 aromatic heterocycles. The summed E-state index contributed by atoms with van der Waals surface area (Å²) < 4.78 is 0. The lowest BCUT2D eigenvalue weighted by atomic mass is 10.1. The van der Waals surface area contributed by atoms with Crippen molar-refractivity contribution < 1.29 is 4.79 Å². The molecule has 3 N–H and O–H groups in total. The van der Waals surface area contributed by atoms with E-state index in [1.165, 1.54) is 17.5 Å². The van der Waals surface area contributed by atoms with E-state index in [-0.39, 0.29) is 17.6 Å². The third-order valence-corrected chi connectivity index (χ3v) is 4.25. The smallest absolute Gasteiger partial charge is 0.321 e. The minimum Gasteiger partial charge on any atom is -0.350 e. The number of aryl methyl sites for hydroxylation is 1. The van der Waals surface area contributed by atoms with Crippen LogP contribution >= 0.6 is 11.3 Å². The van der Waals surface area contributed by atoms with Gasteiger partial charge in [0.05, 0.1) is 0 Å². The average Bonchev–Trinajstić information content (AvgIpc) is 2.93. The van der Waals surface area contributed by atoms with Crippen molar-refractivity contribution in [2.45, 2.75) is 25.8 Å². The summed E-state index contributed by atoms with van der Waals surface area (Å²) in [7, 11) is 0. The molecule has 3 heterocycles. The molecule has 0 bridgehead atoms. The second kappa shape index (κ2) is 6.73. The fraction of sp³-hybridized carbons (Fsp3) is 0.462. The van der Waals surface area contributed by atoms with Crippen LogP contribution in [-0.2, 0) is 0 Å². The number of nitrogens with zero attached hydrogens (tertiary/aromatic N) is 4. The van der Waals surface area contributed by atoms with E-state index >= 15 is 0 Å². The van der Waals surface area contributed by atoms with Gasteiger partial charge < -0.3 is 15.2 Å². The predicted molar refractivity (Wildman–Crippen MR) is 86.9 cm³/mol. The van der Waals surface area contributed by atoms with Crippen LogP contribution in [0.5, 0.6) is 0 Å². The van der Waals surface area contributed by atoms with E-state index in [1.54, 1.807) is 6.20 Å². The number of carbonyl (C=O) groups excluding carboxylic acids is 1. The van der Waals surface area contributed by atoms with Gasteiger partial charge in [0.1, 0.15) is 5.01 Å². The van der Waals surface area contributed by atoms with Crippen LogP contribution in [0.3, 0.4) is 0 Å². The van der Waals surface area contributed by atoms with Crippen molar-refractivity contribution >= 4 is 28.3 Å². The normalized spacial score (nSPS) is 17.8. The maximum absolute atomic E-state index is 12.0. The first kappa shape index (κ1) is 15.4. The molecule has 0 radical (unpaired) electrons. The number of piperidine rings is 1. The molecule has 0 spiro atoms. The fourth-order valence-electron chi connectivity index (χ4n) is 2.52. The zero-order valence-corrected chi connectivity index (χ0v) is 13.4. The van der Waals surface area contributed by atoms with E-state index in [0.717, 1.165) is 24.4 Å². The minimum atomic E-state index is -0.317. The highest BCUT2D eigenvalue weighted by Gasteiger charge is 2.24. The summed E-state index contributed by atoms with van der Waals surface area (Å²) in [6.07, 6.45) is 4.78. The highest BCUT2D eigenvalue weighted by Crippen LogP contribution is 2.16. The summed E-state index contributed by atoms with van der Waals surface area (Å²) in [6, 6.07) is -0.373. The summed E-state index contributed by atoms with van der Waals surface area (Å²) in [5, 5.41) is 14.5. The topological polar surface area (TPSA) is 116 Å². The number of anilines is 2. The Kier molecular flexibility index (Phi) is 4.51. The number of aromatic nitrogens is 4. The second-order valence-corrected chi connectivity index (χ2v) is 6.43. The average molecular weight is 335 g/mol. The second-order valence-electron chi connectivity index (χ2n) is 5.25. The van der Waals surface area contributed by atoms with Crippen molar-refractivity contribution in [3.63, 3.8) is 0 Å². The van der Waals surface area contributed by atoms with Crippen molar-refractivity contribution in [1.29, 1.82) is 0 Å². The van der Waals surface area contributed by atoms with Crippen molar-refractivity contribution in [2.75, 3.05) is 23.3 Å². The first-order valence-electron chi connectivity index (χ1n) is 7.28. The zero-order chi connectivity index (χ0) is 16.2. The van der Waals surface area contributed by atoms with Crippen molar-refractivity contribution in [3.8, 4) is 0 Å². The van der Waals surface area contributed by atoms with E-state index in [9.17, 15) is 9.59 Å². The quantitative estimate of drug-likeness (QED) is 0.761. The number of hydrogen-bond acceptors (Lipinski definition) is 7. The number of carbonyl (C=O) groups is 1. The molecule has 122 valence electrons. The van der Waals surface area contributed by atoms with Gasteiger partial charge in [-0.3, -0.25) is 10.1 Å². The number of rotatable bonds is 3. The van der Waals surface area contributed by atoms with Gasteiger partial charge in [-0.2, -0.15) is 0 Å². The van der Waals surface area contributed by atoms with Crippen LogP contribution in [0.2, 0.25) is 0 Å². The summed E-state index contributed by atoms with van der Waals surface area (Å²) in [6.45, 7) is 3.11. The Balaban J connectivity index is 1.59. The van der Waals surface area contributed by atoms with Gasteiger partial charge in [0.2, 0.25) is 5.13 Å². The van der Waals surface area contributed by atoms with Gasteiger partial charge in [0.15, 0.2) is 5.82 Å². The predicted octanol–water partition coefficient (Wildman–Crippen LogP) is 0.720. The van der Waals surface area contributed by atoms with Crippen LogP contribution in [0.25, 0.3) is 0 Å². The number of nitrogens with one attached hydrogen (secondary N) is 3. The number of hydrogen-bond donors (Lipinski definition) is 3. The van der Waals surface area contributed by atoms with Crippen molar-refractivity contribution in [2.24, 2.45) is 0 Å². The largest absolute Gasteiger partial charge is 0.350 e. The van der Waals surface area contributed by atoms with Crippen LogP contribution in [-0.4, -0.2) is 45.3 Å². The maximum atomic E-state index is 12.0. The Morgan fingerprint density at radius 3 is 3.09 bits per heavy atom. The van der Waals surface area contributed by atoms with Crippen LogP contribution in [0, 0.1) is 6.92 Å². The molecule has 1 aliphatic rings. The Morgan fingerprint density at radius 2 is 2.35 bits per heavy atom. The molecule has 23 heavy (non-hydrogen) atoms. The van der Waals surface area contributed by atoms with E-state index in [4.69, 9.17) is 0 Å². The lowest BCUT2D eigenvalue weighted by Gasteiger charge is -2.33. The molecular formula is C13H17N7O2S. The van der Waals surface area contributed by atoms with Gasteiger partial charge in [-0.15, -0.1) is 10.2 Å². The summed E-state index contributed by atoms with van der Waals surface area (Å²) in [5.41, 5.74) is -0.220. The maximum Gasteiger partial charge on any atom is 0.321 e. The van der Waals surface area contributed by atoms with Gasteiger partial charge in [-0.25, -0.2) is 9.78 Å². The van der Waals surface area contributed by atoms with Gasteiger partial charge in [0, 0.05) is 31.5 Å². The van der Waals surface area contributed by atoms with Crippen molar-refractivity contribution in [1.82, 2.24) is 25.5 Å². The van der Waals surface area contributed by atoms with Crippen LogP contribution in [0.15, 0.2) is 17.2 Å². The molecule has 2 amide bonds. The molecule has 0 unspecified atom stereocenters. The number of H-pyrrole nitrogens is 1. The minimum absolute atomic E-state index is 0.0563. The molecule has 1 aliphatic heterocycles. The summed E-state index contributed by atoms with van der Waals surface area (Å²) in [4.78, 5) is 32.5. The Morgan fingerprint density at radius 1 is 1.48 bits per heavy atom. The molecule has 3 rings (SSSR count). The number of amides is 2. The van der Waals surface area contributed by atoms with E-state index < -0.39 is 0 Å². The Hall–Kier alpha value is -2.49. The molecule has 9 nitrogen and oxygen atoms in total. The molecular weight excluding hydrogens is 318 g/mol. The van der Waals surface area contributed by atoms with Crippen LogP contribution < -0.4 is 21.1 Å². The van der Waals surface area contributed by atoms with E-state index in [1.807, 2.05) is 11.8 Å². The number of urea groups is 1. The standard InChI is InChI=1S/C13H17N7O2S/c1-8-18-19-13(23-8)17-12(22)16-9-3-2-6-20(7-9)10-11(21)15-5-4-14-10/h4-5,9H,2-3,6-7H2,1H3,(H,15,21)(H2,16,17,19,22)/t9-/m1/s1. The zero-order valence-electron chi connectivity index (χ0n) is 12.6. The lowest BCUT2D eigenvalue weighted by molar-refractivity contribution is 0.246. The molecule has 10 heteroatoms. The molecule has 0 saturated carbocycles. The number of aromatic amines is 1. The van der Waals surface area contributed by atoms with E-state index in [0.29, 0.717) is 17.5 Å². The molecule has 1 fully saturated rings. The van der Waals surface area contributed by atoms with Gasteiger partial charge in [0.25, 0.3) is 5.56 Å². The first-order chi connectivity index (χ1) is 11.1. The van der Waals surface area contributed by atoms with E-state index in [2.05, 4.69) is 30.8 Å². The summed E-state index contributed by atoms with van der Waals surface area (Å²) in [5.74, 6) is 0.388. The van der Waals surface area contributed by atoms with Crippen molar-refractivity contribution in [3.05, 3.63) is 27.8 Å². The Bertz CT molecular complexity index is 744. The van der Waals surface area contributed by atoms with Gasteiger partial charge >= 0.3 is 6.03 Å². The molecule has 0 aromatic carbocycles. The van der Waals surface area contributed by atoms with Crippen LogP contribution in [0.4, 0.5) is 15.7 Å². The highest BCUT2D eigenvalue weighted by molar-refractivity contribution is 7.15. The molecule has 0 aliphatic carbocycles.